The first kappa shape index (κ1) is 21.6. The van der Waals surface area contributed by atoms with Gasteiger partial charge in [0.05, 0.1) is 11.1 Å². The highest BCUT2D eigenvalue weighted by Gasteiger charge is 2.32. The Hall–Kier alpha value is -1.44. The summed E-state index contributed by atoms with van der Waals surface area (Å²) in [5.74, 6) is -0.571. The molecule has 3 N–H and O–H groups in total. The Morgan fingerprint density at radius 3 is 2.65 bits per heavy atom. The van der Waals surface area contributed by atoms with Crippen LogP contribution in [0.3, 0.4) is 0 Å². The molecule has 1 atom stereocenters. The normalized spacial score (nSPS) is 12.0. The second-order valence-corrected chi connectivity index (χ2v) is 4.74. The Morgan fingerprint density at radius 2 is 2.13 bits per heavy atom. The molecule has 0 saturated heterocycles. The van der Waals surface area contributed by atoms with E-state index in [1.807, 2.05) is 0 Å². The van der Waals surface area contributed by atoms with Crippen molar-refractivity contribution in [1.29, 1.82) is 0 Å². The average molecular weight is 373 g/mol. The average Bonchev–Trinajstić information content (AvgIpc) is 2.48. The lowest BCUT2D eigenvalue weighted by Crippen LogP contribution is -2.38. The molecule has 1 aromatic carbocycles. The molecule has 0 aliphatic heterocycles. The van der Waals surface area contributed by atoms with Gasteiger partial charge in [-0.1, -0.05) is 12.7 Å². The van der Waals surface area contributed by atoms with Crippen molar-refractivity contribution >= 4 is 29.9 Å². The van der Waals surface area contributed by atoms with Gasteiger partial charge in [0.25, 0.3) is 5.91 Å². The van der Waals surface area contributed by atoms with Crippen molar-refractivity contribution in [2.45, 2.75) is 12.2 Å². The molecule has 0 heterocycles. The van der Waals surface area contributed by atoms with Crippen LogP contribution in [0.25, 0.3) is 0 Å². The van der Waals surface area contributed by atoms with Crippen LogP contribution >= 0.6 is 24.0 Å². The molecule has 0 saturated carbocycles. The van der Waals surface area contributed by atoms with Gasteiger partial charge >= 0.3 is 6.18 Å². The number of carbonyl (C=O) groups is 1. The van der Waals surface area contributed by atoms with Crippen molar-refractivity contribution in [3.8, 4) is 5.75 Å². The Bertz CT molecular complexity index is 539. The number of hydrogen-bond acceptors (Lipinski definition) is 3. The fourth-order valence-corrected chi connectivity index (χ4v) is 1.64. The van der Waals surface area contributed by atoms with Crippen LogP contribution in [0.15, 0.2) is 30.9 Å². The molecule has 1 amide bonds. The van der Waals surface area contributed by atoms with E-state index in [1.54, 1.807) is 0 Å². The zero-order chi connectivity index (χ0) is 16.8. The molecule has 0 radical (unpaired) electrons. The number of nitrogens with one attached hydrogen (secondary N) is 1. The maximum absolute atomic E-state index is 12.8. The van der Waals surface area contributed by atoms with Gasteiger partial charge in [0.15, 0.2) is 0 Å². The summed E-state index contributed by atoms with van der Waals surface area (Å²) in [4.78, 5) is 12.0. The molecule has 0 spiro atoms. The first-order chi connectivity index (χ1) is 10.3. The highest BCUT2D eigenvalue weighted by Crippen LogP contribution is 2.32. The van der Waals surface area contributed by atoms with Gasteiger partial charge in [-0.3, -0.25) is 4.79 Å². The summed E-state index contributed by atoms with van der Waals surface area (Å²) < 4.78 is 43.5. The number of nitrogens with two attached hydrogens (primary N) is 1. The molecule has 1 rings (SSSR count). The summed E-state index contributed by atoms with van der Waals surface area (Å²) in [7, 11) is 0. The molecule has 4 nitrogen and oxygen atoms in total. The second kappa shape index (κ2) is 9.64. The fourth-order valence-electron chi connectivity index (χ4n) is 1.53. The zero-order valence-electron chi connectivity index (χ0n) is 12.0. The number of alkyl halides is 4. The van der Waals surface area contributed by atoms with Crippen LogP contribution in [0.5, 0.6) is 5.75 Å². The minimum atomic E-state index is -4.56. The maximum Gasteiger partial charge on any atom is 0.416 e. The number of carbonyl (C=O) groups excluding carboxylic acids is 1. The third-order valence-corrected chi connectivity index (χ3v) is 3.03. The van der Waals surface area contributed by atoms with E-state index in [9.17, 15) is 18.0 Å². The van der Waals surface area contributed by atoms with Crippen LogP contribution in [0.4, 0.5) is 13.2 Å². The molecule has 1 aromatic rings. The minimum absolute atomic E-state index is 0. The van der Waals surface area contributed by atoms with Gasteiger partial charge in [0.1, 0.15) is 12.4 Å². The molecule has 0 aliphatic carbocycles. The van der Waals surface area contributed by atoms with Crippen LogP contribution in [0.2, 0.25) is 0 Å². The number of ether oxygens (including phenoxy) is 1. The molecule has 9 heteroatoms. The van der Waals surface area contributed by atoms with Crippen LogP contribution in [0.1, 0.15) is 15.9 Å². The summed E-state index contributed by atoms with van der Waals surface area (Å²) in [6, 6.07) is 2.19. The van der Waals surface area contributed by atoms with Gasteiger partial charge in [0.2, 0.25) is 0 Å². The van der Waals surface area contributed by atoms with Gasteiger partial charge < -0.3 is 15.8 Å². The fraction of sp³-hybridized carbons (Fsp3) is 0.357. The highest BCUT2D eigenvalue weighted by molar-refractivity contribution is 6.18. The highest BCUT2D eigenvalue weighted by atomic mass is 35.5. The molecule has 0 aromatic heterocycles. The Morgan fingerprint density at radius 1 is 1.48 bits per heavy atom. The van der Waals surface area contributed by atoms with E-state index in [0.29, 0.717) is 0 Å². The Balaban J connectivity index is 0.00000484. The first-order valence-corrected chi connectivity index (χ1v) is 6.87. The summed E-state index contributed by atoms with van der Waals surface area (Å²) in [6.45, 7) is 3.54. The Kier molecular flexibility index (Phi) is 9.04. The van der Waals surface area contributed by atoms with Crippen molar-refractivity contribution in [3.05, 3.63) is 42.0 Å². The van der Waals surface area contributed by atoms with Crippen LogP contribution in [-0.2, 0) is 6.18 Å². The second-order valence-electron chi connectivity index (χ2n) is 4.43. The van der Waals surface area contributed by atoms with Crippen LogP contribution in [-0.4, -0.2) is 31.0 Å². The zero-order valence-corrected chi connectivity index (χ0v) is 13.6. The van der Waals surface area contributed by atoms with E-state index in [4.69, 9.17) is 22.1 Å². The molecule has 23 heavy (non-hydrogen) atoms. The monoisotopic (exact) mass is 372 g/mol. The topological polar surface area (TPSA) is 64.3 Å². The summed E-state index contributed by atoms with van der Waals surface area (Å²) >= 11 is 5.51. The van der Waals surface area contributed by atoms with Gasteiger partial charge in [-0.2, -0.15) is 13.2 Å². The van der Waals surface area contributed by atoms with E-state index in [2.05, 4.69) is 11.9 Å². The molecule has 0 bridgehead atoms. The third-order valence-electron chi connectivity index (χ3n) is 2.63. The van der Waals surface area contributed by atoms with E-state index in [-0.39, 0.29) is 42.8 Å². The molecular weight excluding hydrogens is 356 g/mol. The summed E-state index contributed by atoms with van der Waals surface area (Å²) in [6.07, 6.45) is -3.14. The predicted octanol–water partition coefficient (Wildman–Crippen LogP) is 2.99. The summed E-state index contributed by atoms with van der Waals surface area (Å²) in [5.41, 5.74) is 4.38. The van der Waals surface area contributed by atoms with Crippen molar-refractivity contribution in [3.63, 3.8) is 0 Å². The molecule has 0 aliphatic rings. The number of hydrogen-bond donors (Lipinski definition) is 2. The number of benzene rings is 1. The Labute approximate surface area is 143 Å². The summed E-state index contributed by atoms with van der Waals surface area (Å²) in [5, 5.41) is 2.42. The maximum atomic E-state index is 12.8. The van der Waals surface area contributed by atoms with E-state index in [0.717, 1.165) is 18.2 Å². The third kappa shape index (κ3) is 6.68. The predicted molar refractivity (Wildman–Crippen MR) is 85.4 cm³/mol. The molecule has 1 unspecified atom stereocenters. The lowest BCUT2D eigenvalue weighted by atomic mass is 10.1. The number of halogens is 5. The minimum Gasteiger partial charge on any atom is -0.489 e. The lowest BCUT2D eigenvalue weighted by Gasteiger charge is -2.15. The first-order valence-electron chi connectivity index (χ1n) is 6.34. The van der Waals surface area contributed by atoms with Gasteiger partial charge in [-0.05, 0) is 18.2 Å². The SMILES string of the molecule is C=CCOc1ccc(C(F)(F)F)cc1C(=O)NCC(N)CCl.Cl. The van der Waals surface area contributed by atoms with E-state index < -0.39 is 23.7 Å². The lowest BCUT2D eigenvalue weighted by molar-refractivity contribution is -0.137. The largest absolute Gasteiger partial charge is 0.489 e. The molecule has 130 valence electrons. The van der Waals surface area contributed by atoms with Gasteiger partial charge in [0, 0.05) is 18.5 Å². The van der Waals surface area contributed by atoms with Gasteiger partial charge in [-0.25, -0.2) is 0 Å². The van der Waals surface area contributed by atoms with Crippen molar-refractivity contribution in [2.75, 3.05) is 19.0 Å². The molecule has 0 fully saturated rings. The van der Waals surface area contributed by atoms with Crippen molar-refractivity contribution < 1.29 is 22.7 Å². The van der Waals surface area contributed by atoms with Gasteiger partial charge in [-0.15, -0.1) is 24.0 Å². The van der Waals surface area contributed by atoms with Crippen molar-refractivity contribution in [1.82, 2.24) is 5.32 Å². The smallest absolute Gasteiger partial charge is 0.416 e. The number of amides is 1. The quantitative estimate of drug-likeness (QED) is 0.571. The molecular formula is C14H17Cl2F3N2O2. The van der Waals surface area contributed by atoms with E-state index >= 15 is 0 Å². The van der Waals surface area contributed by atoms with Crippen molar-refractivity contribution in [2.24, 2.45) is 5.73 Å². The van der Waals surface area contributed by atoms with Crippen LogP contribution in [0, 0.1) is 0 Å². The van der Waals surface area contributed by atoms with Crippen LogP contribution < -0.4 is 15.8 Å². The standard InChI is InChI=1S/C14H16ClF3N2O2.ClH/c1-2-5-22-12-4-3-9(14(16,17)18)6-11(12)13(21)20-8-10(19)7-15;/h2-4,6,10H,1,5,7-8,19H2,(H,20,21);1H. The number of rotatable bonds is 7. The van der Waals surface area contributed by atoms with E-state index in [1.165, 1.54) is 6.08 Å².